The maximum atomic E-state index is 13.8. The smallest absolute Gasteiger partial charge is 0.305 e. The van der Waals surface area contributed by atoms with Gasteiger partial charge in [0.15, 0.2) is 0 Å². The van der Waals surface area contributed by atoms with Crippen molar-refractivity contribution in [2.75, 3.05) is 0 Å². The molecule has 1 heterocycles. The van der Waals surface area contributed by atoms with Crippen LogP contribution in [-0.2, 0) is 43.2 Å². The molecule has 56 heavy (non-hydrogen) atoms. The van der Waals surface area contributed by atoms with Gasteiger partial charge in [-0.3, -0.25) is 43.2 Å². The van der Waals surface area contributed by atoms with Crippen LogP contribution in [0.4, 0.5) is 0 Å². The number of rotatable bonds is 14. The average molecular weight is 796 g/mol. The summed E-state index contributed by atoms with van der Waals surface area (Å²) in [6.45, 7) is 17.6. The molecule has 0 spiro atoms. The second-order valence-corrected chi connectivity index (χ2v) is 16.6. The quantitative estimate of drug-likeness (QED) is 0.117. The Balaban J connectivity index is 3.95. The van der Waals surface area contributed by atoms with Gasteiger partial charge in [0, 0.05) is 6.42 Å². The maximum absolute atomic E-state index is 13.8. The van der Waals surface area contributed by atoms with Gasteiger partial charge in [0.2, 0.25) is 41.4 Å². The summed E-state index contributed by atoms with van der Waals surface area (Å²) in [6.07, 6.45) is -1.43. The van der Waals surface area contributed by atoms with E-state index in [4.69, 9.17) is 0 Å². The average Bonchev–Trinajstić information content (AvgIpc) is 3.05. The Kier molecular flexibility index (Phi) is 20.5. The van der Waals surface area contributed by atoms with E-state index < -0.39 is 114 Å². The minimum atomic E-state index is -1.68. The first-order valence-corrected chi connectivity index (χ1v) is 19.5. The van der Waals surface area contributed by atoms with E-state index in [0.717, 1.165) is 0 Å². The monoisotopic (exact) mass is 795 g/mol. The van der Waals surface area contributed by atoms with Gasteiger partial charge in [-0.1, -0.05) is 69.2 Å². The van der Waals surface area contributed by atoms with E-state index in [2.05, 4.69) is 37.2 Å². The molecule has 9 N–H and O–H groups in total. The largest absolute Gasteiger partial charge is 0.481 e. The van der Waals surface area contributed by atoms with Crippen LogP contribution in [0.3, 0.4) is 0 Å². The van der Waals surface area contributed by atoms with Gasteiger partial charge in [-0.05, 0) is 61.7 Å². The van der Waals surface area contributed by atoms with Crippen molar-refractivity contribution in [3.05, 3.63) is 0 Å². The summed E-state index contributed by atoms with van der Waals surface area (Å²) >= 11 is 0. The molecule has 1 saturated heterocycles. The fraction of sp³-hybridized carbons (Fsp3) is 0.763. The standard InChI is InChI=1S/C38H65N7O11/c1-18(2)13-24-33(51)39-23(11-12-29(46)47)32(50)40-25(14-19(3)4)34(52)43-27(16-21(7)8)37(55)45-31(22(9)10)38(56)44-28(17-30(48)49)36(54)42-26(15-20(5)6)35(53)41-24/h18-28,31H,11-17H2,1-10H3,(H,39,51)(H,40,50)(H,41,53)(H,42,54)(H,43,52)(H,44,56)(H,45,55)(H,46,47)(H,48,49)/t23-,24-,25-,26-,27-,28-,31-/m0/s1. The molecular weight excluding hydrogens is 730 g/mol. The van der Waals surface area contributed by atoms with E-state index in [9.17, 15) is 53.4 Å². The van der Waals surface area contributed by atoms with Crippen molar-refractivity contribution < 1.29 is 53.4 Å². The minimum absolute atomic E-state index is 0.0468. The van der Waals surface area contributed by atoms with Crippen LogP contribution in [0, 0.1) is 29.6 Å². The van der Waals surface area contributed by atoms with Crippen LogP contribution in [0.25, 0.3) is 0 Å². The van der Waals surface area contributed by atoms with Gasteiger partial charge in [-0.2, -0.15) is 0 Å². The molecule has 0 bridgehead atoms. The summed E-state index contributed by atoms with van der Waals surface area (Å²) in [7, 11) is 0. The third kappa shape index (κ3) is 17.8. The number of aliphatic carboxylic acids is 2. The molecule has 0 unspecified atom stereocenters. The van der Waals surface area contributed by atoms with Crippen LogP contribution >= 0.6 is 0 Å². The van der Waals surface area contributed by atoms with E-state index in [1.54, 1.807) is 55.4 Å². The van der Waals surface area contributed by atoms with E-state index in [-0.39, 0.29) is 55.8 Å². The predicted molar refractivity (Wildman–Crippen MR) is 205 cm³/mol. The number of carbonyl (C=O) groups excluding carboxylic acids is 7. The summed E-state index contributed by atoms with van der Waals surface area (Å²) in [6, 6.07) is -9.44. The summed E-state index contributed by atoms with van der Waals surface area (Å²) in [5.74, 6) is -9.80. The fourth-order valence-electron chi connectivity index (χ4n) is 6.14. The van der Waals surface area contributed by atoms with Crippen LogP contribution in [0.2, 0.25) is 0 Å². The van der Waals surface area contributed by atoms with Crippen molar-refractivity contribution in [1.29, 1.82) is 0 Å². The molecule has 18 nitrogen and oxygen atoms in total. The zero-order chi connectivity index (χ0) is 43.0. The highest BCUT2D eigenvalue weighted by molar-refractivity contribution is 5.99. The Labute approximate surface area is 329 Å². The van der Waals surface area contributed by atoms with Gasteiger partial charge >= 0.3 is 11.9 Å². The second-order valence-electron chi connectivity index (χ2n) is 16.6. The van der Waals surface area contributed by atoms with Crippen molar-refractivity contribution in [3.63, 3.8) is 0 Å². The van der Waals surface area contributed by atoms with Crippen LogP contribution in [0.1, 0.15) is 114 Å². The number of hydrogen-bond donors (Lipinski definition) is 9. The number of amides is 7. The van der Waals surface area contributed by atoms with E-state index in [0.29, 0.717) is 0 Å². The summed E-state index contributed by atoms with van der Waals surface area (Å²) in [5, 5.41) is 37.2. The van der Waals surface area contributed by atoms with Crippen molar-refractivity contribution in [2.24, 2.45) is 29.6 Å². The second kappa shape index (κ2) is 23.3. The van der Waals surface area contributed by atoms with Crippen molar-refractivity contribution >= 4 is 53.3 Å². The third-order valence-corrected chi connectivity index (χ3v) is 8.90. The first-order chi connectivity index (χ1) is 25.9. The molecule has 0 aromatic rings. The third-order valence-electron chi connectivity index (χ3n) is 8.90. The summed E-state index contributed by atoms with van der Waals surface area (Å²) in [4.78, 5) is 120. The molecule has 0 radical (unpaired) electrons. The highest BCUT2D eigenvalue weighted by atomic mass is 16.4. The van der Waals surface area contributed by atoms with Crippen molar-refractivity contribution in [1.82, 2.24) is 37.2 Å². The number of carbonyl (C=O) groups is 9. The molecule has 0 aromatic carbocycles. The number of carboxylic acids is 2. The molecule has 1 aliphatic rings. The highest BCUT2D eigenvalue weighted by Crippen LogP contribution is 2.14. The normalized spacial score (nSPS) is 25.5. The Bertz CT molecular complexity index is 1420. The van der Waals surface area contributed by atoms with Crippen molar-refractivity contribution in [2.45, 2.75) is 156 Å². The molecule has 18 heteroatoms. The molecule has 1 aliphatic heterocycles. The van der Waals surface area contributed by atoms with Gasteiger partial charge in [0.25, 0.3) is 0 Å². The van der Waals surface area contributed by atoms with Crippen LogP contribution in [0.5, 0.6) is 0 Å². The van der Waals surface area contributed by atoms with Gasteiger partial charge in [0.05, 0.1) is 6.42 Å². The minimum Gasteiger partial charge on any atom is -0.481 e. The molecule has 0 aromatic heterocycles. The Morgan fingerprint density at radius 3 is 1.02 bits per heavy atom. The van der Waals surface area contributed by atoms with Crippen LogP contribution in [0.15, 0.2) is 0 Å². The lowest BCUT2D eigenvalue weighted by Gasteiger charge is -2.29. The highest BCUT2D eigenvalue weighted by Gasteiger charge is 2.37. The predicted octanol–water partition coefficient (Wildman–Crippen LogP) is 0.574. The summed E-state index contributed by atoms with van der Waals surface area (Å²) < 4.78 is 0. The van der Waals surface area contributed by atoms with Gasteiger partial charge in [-0.15, -0.1) is 0 Å². The molecule has 7 atom stereocenters. The Hall–Kier alpha value is -4.77. The molecule has 0 aliphatic carbocycles. The van der Waals surface area contributed by atoms with Gasteiger partial charge in [0.1, 0.15) is 42.3 Å². The van der Waals surface area contributed by atoms with Crippen LogP contribution < -0.4 is 37.2 Å². The molecule has 318 valence electrons. The molecule has 1 fully saturated rings. The lowest BCUT2D eigenvalue weighted by molar-refractivity contribution is -0.142. The number of nitrogens with one attached hydrogen (secondary N) is 7. The van der Waals surface area contributed by atoms with Crippen molar-refractivity contribution in [3.8, 4) is 0 Å². The molecule has 7 amide bonds. The van der Waals surface area contributed by atoms with Gasteiger partial charge in [-0.25, -0.2) is 0 Å². The topological polar surface area (TPSA) is 278 Å². The van der Waals surface area contributed by atoms with Gasteiger partial charge < -0.3 is 47.4 Å². The Morgan fingerprint density at radius 2 is 0.714 bits per heavy atom. The van der Waals surface area contributed by atoms with E-state index in [1.165, 1.54) is 0 Å². The zero-order valence-electron chi connectivity index (χ0n) is 34.4. The zero-order valence-corrected chi connectivity index (χ0v) is 34.4. The van der Waals surface area contributed by atoms with E-state index in [1.807, 2.05) is 13.8 Å². The first-order valence-electron chi connectivity index (χ1n) is 19.5. The summed E-state index contributed by atoms with van der Waals surface area (Å²) in [5.41, 5.74) is 0. The fourth-order valence-corrected chi connectivity index (χ4v) is 6.14. The lowest BCUT2D eigenvalue weighted by Crippen LogP contribution is -2.61. The molecular formula is C38H65N7O11. The Morgan fingerprint density at radius 1 is 0.429 bits per heavy atom. The molecule has 1 rings (SSSR count). The SMILES string of the molecule is CC(C)C[C@@H]1NC(=O)[C@H](CC(C)C)NC(=O)[C@H](CC(=O)O)NC(=O)[C@H](C(C)C)NC(=O)[C@H](CC(C)C)NC(=O)[C@H](CC(C)C)NC(=O)[C@H](CCC(=O)O)NC1=O. The number of hydrogen-bond acceptors (Lipinski definition) is 9. The lowest BCUT2D eigenvalue weighted by atomic mass is 9.98. The van der Waals surface area contributed by atoms with E-state index >= 15 is 0 Å². The first kappa shape index (κ1) is 49.2. The maximum Gasteiger partial charge on any atom is 0.305 e. The number of carboxylic acid groups (broad SMARTS) is 2. The van der Waals surface area contributed by atoms with Crippen LogP contribution in [-0.4, -0.2) is 106 Å². The molecule has 0 saturated carbocycles.